The third-order valence-electron chi connectivity index (χ3n) is 6.13. The number of rotatable bonds is 10. The maximum absolute atomic E-state index is 12.7. The normalized spacial score (nSPS) is 10.9. The minimum Gasteiger partial charge on any atom is -0.488 e. The Bertz CT molecular complexity index is 1740. The van der Waals surface area contributed by atoms with Crippen LogP contribution in [-0.2, 0) is 6.61 Å². The molecule has 0 aliphatic heterocycles. The van der Waals surface area contributed by atoms with Crippen molar-refractivity contribution in [3.63, 3.8) is 0 Å². The maximum Gasteiger partial charge on any atom is 0.271 e. The fourth-order valence-electron chi connectivity index (χ4n) is 3.87. The first-order valence-electron chi connectivity index (χ1n) is 12.7. The zero-order valence-electron chi connectivity index (χ0n) is 22.3. The number of nitro groups is 1. The maximum atomic E-state index is 12.7. The number of anilines is 2. The van der Waals surface area contributed by atoms with Gasteiger partial charge < -0.3 is 10.1 Å². The second kappa shape index (κ2) is 13.1. The standard InChI is InChI=1S/C31H24ClN5O4S/c1-20-2-11-26(12-3-20)34-31-35-28(19-42-31)22-6-8-23(9-7-22)30(38)36-33-17-24-16-25(32)10-15-29(24)41-18-21-4-13-27(14-5-21)37(39)40/h2-17,19H,18H2,1H3,(H,34,35)(H,36,38)/b33-17-. The number of hydrogen-bond acceptors (Lipinski definition) is 8. The van der Waals surface area contributed by atoms with Gasteiger partial charge in [0.15, 0.2) is 5.13 Å². The van der Waals surface area contributed by atoms with Crippen molar-refractivity contribution in [2.75, 3.05) is 5.32 Å². The van der Waals surface area contributed by atoms with Crippen LogP contribution >= 0.6 is 22.9 Å². The average Bonchev–Trinajstić information content (AvgIpc) is 3.46. The van der Waals surface area contributed by atoms with E-state index in [1.807, 2.05) is 48.7 Å². The number of nitrogens with one attached hydrogen (secondary N) is 2. The Labute approximate surface area is 250 Å². The number of carbonyl (C=O) groups excluding carboxylic acids is 1. The number of hydrogen-bond donors (Lipinski definition) is 2. The van der Waals surface area contributed by atoms with E-state index in [1.165, 1.54) is 35.2 Å². The molecule has 1 aromatic heterocycles. The van der Waals surface area contributed by atoms with Gasteiger partial charge in [0.25, 0.3) is 11.6 Å². The summed E-state index contributed by atoms with van der Waals surface area (Å²) in [5.74, 6) is 0.104. The molecular formula is C31H24ClN5O4S. The molecule has 0 saturated heterocycles. The van der Waals surface area contributed by atoms with Crippen LogP contribution in [0.4, 0.5) is 16.5 Å². The van der Waals surface area contributed by atoms with Crippen molar-refractivity contribution in [3.05, 3.63) is 134 Å². The SMILES string of the molecule is Cc1ccc(Nc2nc(-c3ccc(C(=O)N/N=C\c4cc(Cl)ccc4OCc4ccc([N+](=O)[O-])cc4)cc3)cs2)cc1. The van der Waals surface area contributed by atoms with Crippen LogP contribution in [0.2, 0.25) is 5.02 Å². The number of thiazole rings is 1. The Morgan fingerprint density at radius 2 is 1.79 bits per heavy atom. The molecule has 42 heavy (non-hydrogen) atoms. The molecule has 2 N–H and O–H groups in total. The number of hydrazone groups is 1. The molecule has 0 aliphatic carbocycles. The van der Waals surface area contributed by atoms with Gasteiger partial charge in [-0.3, -0.25) is 14.9 Å². The molecule has 1 amide bonds. The van der Waals surface area contributed by atoms with Gasteiger partial charge >= 0.3 is 0 Å². The highest BCUT2D eigenvalue weighted by Gasteiger charge is 2.10. The van der Waals surface area contributed by atoms with Crippen molar-refractivity contribution < 1.29 is 14.5 Å². The van der Waals surface area contributed by atoms with Crippen molar-refractivity contribution in [3.8, 4) is 17.0 Å². The molecule has 0 fully saturated rings. The molecule has 0 radical (unpaired) electrons. The Kier molecular flexibility index (Phi) is 8.86. The van der Waals surface area contributed by atoms with E-state index in [2.05, 4.69) is 20.8 Å². The lowest BCUT2D eigenvalue weighted by molar-refractivity contribution is -0.384. The number of nitro benzene ring substituents is 1. The number of halogens is 1. The van der Waals surface area contributed by atoms with Crippen molar-refractivity contribution in [2.24, 2.45) is 5.10 Å². The van der Waals surface area contributed by atoms with E-state index in [-0.39, 0.29) is 18.2 Å². The molecule has 0 unspecified atom stereocenters. The lowest BCUT2D eigenvalue weighted by atomic mass is 10.1. The molecule has 0 bridgehead atoms. The first kappa shape index (κ1) is 28.5. The van der Waals surface area contributed by atoms with E-state index in [4.69, 9.17) is 16.3 Å². The van der Waals surface area contributed by atoms with E-state index in [9.17, 15) is 14.9 Å². The fourth-order valence-corrected chi connectivity index (χ4v) is 4.79. The highest BCUT2D eigenvalue weighted by Crippen LogP contribution is 2.28. The molecule has 5 aromatic rings. The van der Waals surface area contributed by atoms with Crippen LogP contribution in [0.5, 0.6) is 5.75 Å². The third-order valence-corrected chi connectivity index (χ3v) is 7.13. The molecule has 0 aliphatic rings. The Balaban J connectivity index is 1.19. The Hall–Kier alpha value is -5.06. The highest BCUT2D eigenvalue weighted by atomic mass is 35.5. The largest absolute Gasteiger partial charge is 0.488 e. The zero-order chi connectivity index (χ0) is 29.5. The van der Waals surface area contributed by atoms with E-state index < -0.39 is 4.92 Å². The summed E-state index contributed by atoms with van der Waals surface area (Å²) in [6, 6.07) is 26.3. The molecule has 1 heterocycles. The third kappa shape index (κ3) is 7.36. The van der Waals surface area contributed by atoms with Crippen LogP contribution < -0.4 is 15.5 Å². The molecule has 0 saturated carbocycles. The number of carbonyl (C=O) groups is 1. The number of ether oxygens (including phenoxy) is 1. The van der Waals surface area contributed by atoms with E-state index in [0.717, 1.165) is 27.6 Å². The van der Waals surface area contributed by atoms with Crippen LogP contribution in [0.3, 0.4) is 0 Å². The van der Waals surface area contributed by atoms with E-state index in [0.29, 0.717) is 21.9 Å². The van der Waals surface area contributed by atoms with Gasteiger partial charge in [0.05, 0.1) is 16.8 Å². The minimum absolute atomic E-state index is 0.00639. The molecule has 5 rings (SSSR count). The number of non-ortho nitro benzene ring substituents is 1. The first-order chi connectivity index (χ1) is 20.3. The minimum atomic E-state index is -0.455. The summed E-state index contributed by atoms with van der Waals surface area (Å²) >= 11 is 7.66. The Morgan fingerprint density at radius 3 is 2.50 bits per heavy atom. The van der Waals surface area contributed by atoms with E-state index >= 15 is 0 Å². The van der Waals surface area contributed by atoms with Crippen LogP contribution in [0.1, 0.15) is 27.0 Å². The van der Waals surface area contributed by atoms with Gasteiger partial charge in [-0.25, -0.2) is 10.4 Å². The first-order valence-corrected chi connectivity index (χ1v) is 14.0. The quantitative estimate of drug-likeness (QED) is 0.0964. The van der Waals surface area contributed by atoms with Crippen molar-refractivity contribution in [1.82, 2.24) is 10.4 Å². The van der Waals surface area contributed by atoms with Crippen LogP contribution in [-0.4, -0.2) is 22.0 Å². The topological polar surface area (TPSA) is 119 Å². The predicted molar refractivity (Wildman–Crippen MR) is 166 cm³/mol. The summed E-state index contributed by atoms with van der Waals surface area (Å²) < 4.78 is 5.87. The monoisotopic (exact) mass is 597 g/mol. The van der Waals surface area contributed by atoms with E-state index in [1.54, 1.807) is 42.5 Å². The summed E-state index contributed by atoms with van der Waals surface area (Å²) in [7, 11) is 0. The number of aromatic nitrogens is 1. The lowest BCUT2D eigenvalue weighted by Gasteiger charge is -2.09. The molecule has 4 aromatic carbocycles. The second-order valence-electron chi connectivity index (χ2n) is 9.20. The van der Waals surface area contributed by atoms with Gasteiger partial charge in [-0.05, 0) is 67.1 Å². The van der Waals surface area contributed by atoms with Gasteiger partial charge in [-0.15, -0.1) is 11.3 Å². The number of nitrogens with zero attached hydrogens (tertiary/aromatic N) is 3. The summed E-state index contributed by atoms with van der Waals surface area (Å²) in [5.41, 5.74) is 8.13. The zero-order valence-corrected chi connectivity index (χ0v) is 23.9. The predicted octanol–water partition coefficient (Wildman–Crippen LogP) is 7.77. The summed E-state index contributed by atoms with van der Waals surface area (Å²) in [4.78, 5) is 27.7. The van der Waals surface area contributed by atoms with Crippen LogP contribution in [0.25, 0.3) is 11.3 Å². The molecule has 210 valence electrons. The second-order valence-corrected chi connectivity index (χ2v) is 10.5. The van der Waals surface area contributed by atoms with Crippen molar-refractivity contribution in [2.45, 2.75) is 13.5 Å². The molecule has 9 nitrogen and oxygen atoms in total. The molecule has 11 heteroatoms. The number of aryl methyl sites for hydroxylation is 1. The van der Waals surface area contributed by atoms with Crippen LogP contribution in [0, 0.1) is 17.0 Å². The van der Waals surface area contributed by atoms with Crippen molar-refractivity contribution in [1.29, 1.82) is 0 Å². The van der Waals surface area contributed by atoms with Gasteiger partial charge in [-0.2, -0.15) is 5.10 Å². The summed E-state index contributed by atoms with van der Waals surface area (Å²) in [5, 5.41) is 21.4. The summed E-state index contributed by atoms with van der Waals surface area (Å²) in [6.45, 7) is 2.22. The molecule has 0 atom stereocenters. The molecular weight excluding hydrogens is 574 g/mol. The van der Waals surface area contributed by atoms with Crippen molar-refractivity contribution >= 4 is 51.6 Å². The highest BCUT2D eigenvalue weighted by molar-refractivity contribution is 7.14. The van der Waals surface area contributed by atoms with Gasteiger partial charge in [0, 0.05) is 44.9 Å². The number of amides is 1. The lowest BCUT2D eigenvalue weighted by Crippen LogP contribution is -2.17. The number of benzene rings is 4. The smallest absolute Gasteiger partial charge is 0.271 e. The summed E-state index contributed by atoms with van der Waals surface area (Å²) in [6.07, 6.45) is 1.45. The Morgan fingerprint density at radius 1 is 1.05 bits per heavy atom. The fraction of sp³-hybridized carbons (Fsp3) is 0.0645. The van der Waals surface area contributed by atoms with Gasteiger partial charge in [-0.1, -0.05) is 41.4 Å². The molecule has 0 spiro atoms. The average molecular weight is 598 g/mol. The van der Waals surface area contributed by atoms with Crippen LogP contribution in [0.15, 0.2) is 101 Å². The van der Waals surface area contributed by atoms with Gasteiger partial charge in [0.1, 0.15) is 12.4 Å². The van der Waals surface area contributed by atoms with Gasteiger partial charge in [0.2, 0.25) is 0 Å².